The highest BCUT2D eigenvalue weighted by Crippen LogP contribution is 2.19. The molecule has 0 aliphatic carbocycles. The van der Waals surface area contributed by atoms with Crippen LogP contribution in [-0.4, -0.2) is 23.1 Å². The predicted molar refractivity (Wildman–Crippen MR) is 120 cm³/mol. The van der Waals surface area contributed by atoms with E-state index in [1.807, 2.05) is 66.7 Å². The number of amides is 1. The summed E-state index contributed by atoms with van der Waals surface area (Å²) in [6.45, 7) is 0. The first-order valence-corrected chi connectivity index (χ1v) is 10.4. The van der Waals surface area contributed by atoms with Crippen molar-refractivity contribution in [2.24, 2.45) is 0 Å². The number of carboxylic acid groups (broad SMARTS) is 1. The van der Waals surface area contributed by atoms with Crippen LogP contribution in [0.25, 0.3) is 0 Å². The SMILES string of the molecule is O=C(CCCC(Oc1ccccc1)C(=O)O)NC(Cc1ccccc1)c1ccccc1. The van der Waals surface area contributed by atoms with E-state index in [9.17, 15) is 14.7 Å². The summed E-state index contributed by atoms with van der Waals surface area (Å²) in [7, 11) is 0. The molecule has 0 saturated carbocycles. The van der Waals surface area contributed by atoms with E-state index in [-0.39, 0.29) is 24.8 Å². The second-order valence-corrected chi connectivity index (χ2v) is 7.37. The number of nitrogens with one attached hydrogen (secondary N) is 1. The fourth-order valence-corrected chi connectivity index (χ4v) is 3.40. The fourth-order valence-electron chi connectivity index (χ4n) is 3.40. The van der Waals surface area contributed by atoms with Gasteiger partial charge in [0.05, 0.1) is 6.04 Å². The third-order valence-corrected chi connectivity index (χ3v) is 4.99. The highest BCUT2D eigenvalue weighted by Gasteiger charge is 2.20. The maximum Gasteiger partial charge on any atom is 0.344 e. The predicted octanol–water partition coefficient (Wildman–Crippen LogP) is 4.79. The van der Waals surface area contributed by atoms with Crippen molar-refractivity contribution in [2.45, 2.75) is 37.8 Å². The minimum absolute atomic E-state index is 0.103. The second-order valence-electron chi connectivity index (χ2n) is 7.37. The lowest BCUT2D eigenvalue weighted by atomic mass is 9.98. The zero-order valence-electron chi connectivity index (χ0n) is 17.3. The van der Waals surface area contributed by atoms with Gasteiger partial charge in [0.25, 0.3) is 0 Å². The fraction of sp³-hybridized carbons (Fsp3) is 0.231. The monoisotopic (exact) mass is 417 g/mol. The molecular weight excluding hydrogens is 390 g/mol. The topological polar surface area (TPSA) is 75.6 Å². The van der Waals surface area contributed by atoms with Gasteiger partial charge in [0.15, 0.2) is 6.10 Å². The lowest BCUT2D eigenvalue weighted by Gasteiger charge is -2.20. The summed E-state index contributed by atoms with van der Waals surface area (Å²) < 4.78 is 5.56. The van der Waals surface area contributed by atoms with Gasteiger partial charge in [-0.3, -0.25) is 4.79 Å². The first-order valence-electron chi connectivity index (χ1n) is 10.4. The molecule has 3 aromatic rings. The Hall–Kier alpha value is -3.60. The van der Waals surface area contributed by atoms with E-state index in [2.05, 4.69) is 5.32 Å². The van der Waals surface area contributed by atoms with Gasteiger partial charge in [-0.25, -0.2) is 4.79 Å². The lowest BCUT2D eigenvalue weighted by molar-refractivity contribution is -0.145. The third kappa shape index (κ3) is 7.30. The molecule has 5 heteroatoms. The summed E-state index contributed by atoms with van der Waals surface area (Å²) in [5.41, 5.74) is 2.18. The van der Waals surface area contributed by atoms with E-state index in [1.165, 1.54) is 0 Å². The Balaban J connectivity index is 1.55. The Bertz CT molecular complexity index is 945. The first kappa shape index (κ1) is 22.1. The highest BCUT2D eigenvalue weighted by molar-refractivity contribution is 5.77. The highest BCUT2D eigenvalue weighted by atomic mass is 16.5. The number of aliphatic carboxylic acids is 1. The van der Waals surface area contributed by atoms with Gasteiger partial charge < -0.3 is 15.2 Å². The van der Waals surface area contributed by atoms with Gasteiger partial charge in [-0.1, -0.05) is 78.9 Å². The molecule has 31 heavy (non-hydrogen) atoms. The average Bonchev–Trinajstić information content (AvgIpc) is 2.80. The number of rotatable bonds is 11. The van der Waals surface area contributed by atoms with Crippen molar-refractivity contribution in [1.29, 1.82) is 0 Å². The third-order valence-electron chi connectivity index (χ3n) is 4.99. The van der Waals surface area contributed by atoms with Gasteiger partial charge in [0, 0.05) is 6.42 Å². The van der Waals surface area contributed by atoms with Crippen LogP contribution in [0.5, 0.6) is 5.75 Å². The molecule has 3 aromatic carbocycles. The van der Waals surface area contributed by atoms with Crippen LogP contribution in [0.2, 0.25) is 0 Å². The Morgan fingerprint density at radius 2 is 1.42 bits per heavy atom. The van der Waals surface area contributed by atoms with Gasteiger partial charge in [0.1, 0.15) is 5.75 Å². The van der Waals surface area contributed by atoms with Gasteiger partial charge in [-0.2, -0.15) is 0 Å². The number of carbonyl (C=O) groups is 2. The van der Waals surface area contributed by atoms with E-state index < -0.39 is 12.1 Å². The molecule has 0 spiro atoms. The van der Waals surface area contributed by atoms with Gasteiger partial charge in [0.2, 0.25) is 5.91 Å². The molecule has 5 nitrogen and oxygen atoms in total. The van der Waals surface area contributed by atoms with Crippen LogP contribution in [0, 0.1) is 0 Å². The van der Waals surface area contributed by atoms with Crippen LogP contribution in [-0.2, 0) is 16.0 Å². The van der Waals surface area contributed by atoms with Crippen LogP contribution >= 0.6 is 0 Å². The summed E-state index contributed by atoms with van der Waals surface area (Å²) in [6.07, 6.45) is 0.616. The Morgan fingerprint density at radius 1 is 0.839 bits per heavy atom. The smallest absolute Gasteiger partial charge is 0.344 e. The van der Waals surface area contributed by atoms with Crippen LogP contribution in [0.3, 0.4) is 0 Å². The number of carbonyl (C=O) groups excluding carboxylic acids is 1. The number of benzene rings is 3. The Kier molecular flexibility index (Phi) is 8.23. The molecule has 160 valence electrons. The van der Waals surface area contributed by atoms with Crippen molar-refractivity contribution >= 4 is 11.9 Å². The largest absolute Gasteiger partial charge is 0.479 e. The maximum absolute atomic E-state index is 12.6. The first-order chi connectivity index (χ1) is 15.1. The molecule has 1 amide bonds. The molecule has 0 bridgehead atoms. The molecule has 0 saturated heterocycles. The molecule has 2 unspecified atom stereocenters. The van der Waals surface area contributed by atoms with Crippen molar-refractivity contribution in [3.63, 3.8) is 0 Å². The van der Waals surface area contributed by atoms with E-state index in [0.717, 1.165) is 11.1 Å². The second kappa shape index (κ2) is 11.6. The molecular formula is C26H27NO4. The van der Waals surface area contributed by atoms with Crippen molar-refractivity contribution < 1.29 is 19.4 Å². The summed E-state index contributed by atoms with van der Waals surface area (Å²) in [6, 6.07) is 28.6. The van der Waals surface area contributed by atoms with E-state index in [4.69, 9.17) is 4.74 Å². The van der Waals surface area contributed by atoms with Crippen LogP contribution in [0.1, 0.15) is 36.4 Å². The molecule has 0 heterocycles. The molecule has 0 aliphatic heterocycles. The van der Waals surface area contributed by atoms with Gasteiger partial charge in [-0.15, -0.1) is 0 Å². The summed E-state index contributed by atoms with van der Waals surface area (Å²) in [5, 5.41) is 12.5. The normalized spacial score (nSPS) is 12.5. The number of hydrogen-bond donors (Lipinski definition) is 2. The molecule has 0 radical (unpaired) electrons. The van der Waals surface area contributed by atoms with Crippen LogP contribution in [0.15, 0.2) is 91.0 Å². The van der Waals surface area contributed by atoms with Crippen molar-refractivity contribution in [1.82, 2.24) is 5.32 Å². The van der Waals surface area contributed by atoms with Gasteiger partial charge in [-0.05, 0) is 42.5 Å². The summed E-state index contributed by atoms with van der Waals surface area (Å²) in [5.74, 6) is -0.629. The molecule has 0 fully saturated rings. The van der Waals surface area contributed by atoms with E-state index in [0.29, 0.717) is 18.6 Å². The Morgan fingerprint density at radius 3 is 2.03 bits per heavy atom. The van der Waals surface area contributed by atoms with Crippen LogP contribution in [0.4, 0.5) is 0 Å². The Labute approximate surface area is 182 Å². The van der Waals surface area contributed by atoms with Gasteiger partial charge >= 0.3 is 5.97 Å². The summed E-state index contributed by atoms with van der Waals surface area (Å²) in [4.78, 5) is 24.1. The average molecular weight is 418 g/mol. The van der Waals surface area contributed by atoms with E-state index in [1.54, 1.807) is 24.3 Å². The van der Waals surface area contributed by atoms with Crippen molar-refractivity contribution in [3.05, 3.63) is 102 Å². The minimum Gasteiger partial charge on any atom is -0.479 e. The summed E-state index contributed by atoms with van der Waals surface area (Å²) >= 11 is 0. The minimum atomic E-state index is -1.03. The van der Waals surface area contributed by atoms with Crippen molar-refractivity contribution in [3.8, 4) is 5.75 Å². The lowest BCUT2D eigenvalue weighted by Crippen LogP contribution is -2.31. The quantitative estimate of drug-likeness (QED) is 0.470. The number of ether oxygens (including phenoxy) is 1. The molecule has 3 rings (SSSR count). The van der Waals surface area contributed by atoms with E-state index >= 15 is 0 Å². The molecule has 2 atom stereocenters. The molecule has 2 N–H and O–H groups in total. The maximum atomic E-state index is 12.6. The zero-order valence-corrected chi connectivity index (χ0v) is 17.3. The number of para-hydroxylation sites is 1. The molecule has 0 aromatic heterocycles. The van der Waals surface area contributed by atoms with Crippen molar-refractivity contribution in [2.75, 3.05) is 0 Å². The number of carboxylic acids is 1. The molecule has 0 aliphatic rings. The standard InChI is InChI=1S/C26H27NO4/c28-25(18-10-17-24(26(29)30)31-22-15-8-3-9-16-22)27-23(21-13-6-2-7-14-21)19-20-11-4-1-5-12-20/h1-9,11-16,23-24H,10,17-19H2,(H,27,28)(H,29,30). The number of hydrogen-bond acceptors (Lipinski definition) is 3. The zero-order chi connectivity index (χ0) is 21.9. The van der Waals surface area contributed by atoms with Crippen LogP contribution < -0.4 is 10.1 Å².